The number of furan rings is 1. The molecule has 1 saturated heterocycles. The van der Waals surface area contributed by atoms with Crippen LogP contribution in [0.15, 0.2) is 45.2 Å². The van der Waals surface area contributed by atoms with Crippen molar-refractivity contribution >= 4 is 5.91 Å². The van der Waals surface area contributed by atoms with E-state index in [4.69, 9.17) is 8.83 Å². The number of carbonyl (C=O) groups is 1. The quantitative estimate of drug-likeness (QED) is 0.674. The molecule has 0 unspecified atom stereocenters. The molecule has 0 spiro atoms. The molecule has 0 saturated carbocycles. The molecule has 0 radical (unpaired) electrons. The highest BCUT2D eigenvalue weighted by molar-refractivity contribution is 5.79. The summed E-state index contributed by atoms with van der Waals surface area (Å²) >= 11 is 0. The Hall–Kier alpha value is -2.93. The monoisotopic (exact) mass is 383 g/mol. The first kappa shape index (κ1) is 18.4. The molecular weight excluding hydrogens is 361 g/mol. The molecule has 3 heterocycles. The van der Waals surface area contributed by atoms with Gasteiger partial charge in [0, 0.05) is 26.2 Å². The van der Waals surface area contributed by atoms with Gasteiger partial charge in [0.05, 0.1) is 12.2 Å². The fourth-order valence-corrected chi connectivity index (χ4v) is 3.31. The Morgan fingerprint density at radius 1 is 1.04 bits per heavy atom. The maximum Gasteiger partial charge on any atom is 0.263 e. The second-order valence-electron chi connectivity index (χ2n) is 7.08. The van der Waals surface area contributed by atoms with E-state index in [-0.39, 0.29) is 11.7 Å². The van der Waals surface area contributed by atoms with E-state index in [1.54, 1.807) is 17.0 Å². The maximum atomic E-state index is 13.0. The second kappa shape index (κ2) is 7.59. The van der Waals surface area contributed by atoms with Gasteiger partial charge in [0.1, 0.15) is 17.3 Å². The van der Waals surface area contributed by atoms with Gasteiger partial charge in [-0.1, -0.05) is 12.1 Å². The summed E-state index contributed by atoms with van der Waals surface area (Å²) in [5.74, 6) is 2.37. The van der Waals surface area contributed by atoms with Crippen LogP contribution in [0.1, 0.15) is 22.8 Å². The number of rotatable bonds is 5. The number of halogens is 1. The van der Waals surface area contributed by atoms with Crippen LogP contribution >= 0.6 is 0 Å². The minimum Gasteiger partial charge on any atom is -0.456 e. The van der Waals surface area contributed by atoms with Crippen LogP contribution in [0.4, 0.5) is 4.39 Å². The van der Waals surface area contributed by atoms with Gasteiger partial charge in [-0.15, -0.1) is 0 Å². The molecule has 0 aliphatic carbocycles. The summed E-state index contributed by atoms with van der Waals surface area (Å²) < 4.78 is 24.3. The van der Waals surface area contributed by atoms with E-state index in [1.165, 1.54) is 12.1 Å². The van der Waals surface area contributed by atoms with Gasteiger partial charge in [-0.05, 0) is 43.7 Å². The number of piperazine rings is 1. The maximum absolute atomic E-state index is 13.0. The first-order valence-electron chi connectivity index (χ1n) is 9.25. The lowest BCUT2D eigenvalue weighted by atomic mass is 10.2. The van der Waals surface area contributed by atoms with E-state index < -0.39 is 0 Å². The van der Waals surface area contributed by atoms with Gasteiger partial charge in [0.25, 0.3) is 5.89 Å². The normalized spacial score (nSPS) is 15.4. The predicted octanol–water partition coefficient (Wildman–Crippen LogP) is 3.53. The van der Waals surface area contributed by atoms with Crippen LogP contribution in [0.3, 0.4) is 0 Å². The van der Waals surface area contributed by atoms with Crippen molar-refractivity contribution in [1.29, 1.82) is 0 Å². The highest BCUT2D eigenvalue weighted by atomic mass is 19.1. The fraction of sp³-hybridized carbons (Fsp3) is 0.333. The third-order valence-corrected chi connectivity index (χ3v) is 4.90. The van der Waals surface area contributed by atoms with Gasteiger partial charge in [-0.25, -0.2) is 9.37 Å². The third-order valence-electron chi connectivity index (χ3n) is 4.90. The van der Waals surface area contributed by atoms with Crippen molar-refractivity contribution in [3.8, 4) is 11.7 Å². The number of aromatic nitrogens is 1. The van der Waals surface area contributed by atoms with Crippen molar-refractivity contribution < 1.29 is 18.0 Å². The molecule has 28 heavy (non-hydrogen) atoms. The largest absolute Gasteiger partial charge is 0.456 e. The van der Waals surface area contributed by atoms with Crippen LogP contribution in [0.2, 0.25) is 0 Å². The zero-order chi connectivity index (χ0) is 19.7. The van der Waals surface area contributed by atoms with Crippen molar-refractivity contribution in [3.05, 3.63) is 65.0 Å². The Morgan fingerprint density at radius 2 is 1.82 bits per heavy atom. The average Bonchev–Trinajstić information content (AvgIpc) is 3.25. The predicted molar refractivity (Wildman–Crippen MR) is 101 cm³/mol. The summed E-state index contributed by atoms with van der Waals surface area (Å²) in [6.07, 6.45) is 0. The van der Waals surface area contributed by atoms with Crippen molar-refractivity contribution in [2.75, 3.05) is 19.6 Å². The number of aryl methyl sites for hydroxylation is 2. The van der Waals surface area contributed by atoms with Crippen LogP contribution in [-0.2, 0) is 17.9 Å². The summed E-state index contributed by atoms with van der Waals surface area (Å²) in [7, 11) is 0. The van der Waals surface area contributed by atoms with Crippen LogP contribution in [0, 0.1) is 19.7 Å². The molecule has 1 aliphatic heterocycles. The van der Waals surface area contributed by atoms with Gasteiger partial charge in [-0.3, -0.25) is 9.69 Å². The molecule has 7 heteroatoms. The van der Waals surface area contributed by atoms with Crippen LogP contribution in [0.25, 0.3) is 11.7 Å². The molecule has 1 amide bonds. The Labute approximate surface area is 162 Å². The van der Waals surface area contributed by atoms with Crippen molar-refractivity contribution in [2.45, 2.75) is 26.9 Å². The lowest BCUT2D eigenvalue weighted by molar-refractivity contribution is -0.136. The molecule has 0 bridgehead atoms. The van der Waals surface area contributed by atoms with E-state index >= 15 is 0 Å². The number of carbonyl (C=O) groups excluding carboxylic acids is 1. The summed E-state index contributed by atoms with van der Waals surface area (Å²) in [6.45, 7) is 6.48. The lowest BCUT2D eigenvalue weighted by Crippen LogP contribution is -2.49. The highest BCUT2D eigenvalue weighted by Crippen LogP contribution is 2.24. The second-order valence-corrected chi connectivity index (χ2v) is 7.08. The molecule has 1 fully saturated rings. The minimum absolute atomic E-state index is 0.0543. The van der Waals surface area contributed by atoms with Gasteiger partial charge in [0.15, 0.2) is 5.76 Å². The van der Waals surface area contributed by atoms with E-state index in [2.05, 4.69) is 9.88 Å². The highest BCUT2D eigenvalue weighted by Gasteiger charge is 2.25. The van der Waals surface area contributed by atoms with E-state index in [0.29, 0.717) is 37.8 Å². The average molecular weight is 383 g/mol. The van der Waals surface area contributed by atoms with Crippen molar-refractivity contribution in [1.82, 2.24) is 14.8 Å². The van der Waals surface area contributed by atoms with Crippen molar-refractivity contribution in [3.63, 3.8) is 0 Å². The third kappa shape index (κ3) is 3.99. The summed E-state index contributed by atoms with van der Waals surface area (Å²) in [5.41, 5.74) is 1.73. The van der Waals surface area contributed by atoms with Gasteiger partial charge in [0.2, 0.25) is 5.91 Å². The van der Waals surface area contributed by atoms with Crippen molar-refractivity contribution in [2.24, 2.45) is 0 Å². The zero-order valence-corrected chi connectivity index (χ0v) is 15.9. The standard InChI is InChI=1S/C21H22FN3O3/c1-14-3-8-19(27-14)21-23-18(15(2)28-21)12-24-9-10-25(20(26)13-24)11-16-4-6-17(22)7-5-16/h3-8H,9-13H2,1-2H3. The van der Waals surface area contributed by atoms with E-state index in [0.717, 1.165) is 29.3 Å². The Kier molecular flexibility index (Phi) is 5.00. The Balaban J connectivity index is 1.38. The summed E-state index contributed by atoms with van der Waals surface area (Å²) in [5, 5.41) is 0. The Morgan fingerprint density at radius 3 is 2.50 bits per heavy atom. The zero-order valence-electron chi connectivity index (χ0n) is 15.9. The topological polar surface area (TPSA) is 62.7 Å². The number of nitrogens with zero attached hydrogens (tertiary/aromatic N) is 3. The summed E-state index contributed by atoms with van der Waals surface area (Å²) in [4.78, 5) is 20.9. The molecular formula is C21H22FN3O3. The molecule has 0 N–H and O–H groups in total. The van der Waals surface area contributed by atoms with Gasteiger partial charge in [-0.2, -0.15) is 0 Å². The van der Waals surface area contributed by atoms with Gasteiger partial charge >= 0.3 is 0 Å². The molecule has 146 valence electrons. The van der Waals surface area contributed by atoms with E-state index in [1.807, 2.05) is 26.0 Å². The molecule has 0 atom stereocenters. The molecule has 6 nitrogen and oxygen atoms in total. The smallest absolute Gasteiger partial charge is 0.263 e. The van der Waals surface area contributed by atoms with Crippen LogP contribution < -0.4 is 0 Å². The van der Waals surface area contributed by atoms with Crippen LogP contribution in [-0.4, -0.2) is 40.3 Å². The summed E-state index contributed by atoms with van der Waals surface area (Å²) in [6, 6.07) is 9.97. The van der Waals surface area contributed by atoms with E-state index in [9.17, 15) is 9.18 Å². The first-order valence-corrected chi connectivity index (χ1v) is 9.25. The lowest BCUT2D eigenvalue weighted by Gasteiger charge is -2.34. The molecule has 2 aromatic heterocycles. The van der Waals surface area contributed by atoms with Crippen LogP contribution in [0.5, 0.6) is 0 Å². The number of hydrogen-bond donors (Lipinski definition) is 0. The molecule has 4 rings (SSSR count). The fourth-order valence-electron chi connectivity index (χ4n) is 3.31. The molecule has 3 aromatic rings. The first-order chi connectivity index (χ1) is 13.5. The Bertz CT molecular complexity index is 977. The minimum atomic E-state index is -0.271. The SMILES string of the molecule is Cc1ccc(-c2nc(CN3CCN(Cc4ccc(F)cc4)C(=O)C3)c(C)o2)o1. The number of benzene rings is 1. The number of amides is 1. The van der Waals surface area contributed by atoms with Gasteiger partial charge < -0.3 is 13.7 Å². The number of oxazole rings is 1. The molecule has 1 aliphatic rings. The molecule has 1 aromatic carbocycles. The number of hydrogen-bond acceptors (Lipinski definition) is 5.